The largest absolute Gasteiger partial charge is 0.352 e. The molecule has 72 valence electrons. The van der Waals surface area contributed by atoms with E-state index in [0.717, 1.165) is 13.1 Å². The molecule has 1 heterocycles. The van der Waals surface area contributed by atoms with Gasteiger partial charge >= 0.3 is 6.03 Å². The maximum atomic E-state index is 10.7. The second-order valence-electron chi connectivity index (χ2n) is 2.68. The fourth-order valence-corrected chi connectivity index (χ4v) is 1.82. The molecule has 6 heteroatoms. The van der Waals surface area contributed by atoms with Crippen molar-refractivity contribution in [3.05, 3.63) is 0 Å². The van der Waals surface area contributed by atoms with E-state index in [1.165, 1.54) is 0 Å². The van der Waals surface area contributed by atoms with E-state index in [1.54, 1.807) is 0 Å². The standard InChI is InChI=1S/C7H11IN4O/c1-2-7(8,11-6(9)13)12-4-3-10-5-12/h1,10H,3-5H2,(H3,9,11,13). The van der Waals surface area contributed by atoms with Gasteiger partial charge in [0.15, 0.2) is 0 Å². The molecule has 0 radical (unpaired) electrons. The molecule has 0 aromatic rings. The number of nitrogens with one attached hydrogen (secondary N) is 2. The zero-order chi connectivity index (χ0) is 9.90. The third kappa shape index (κ3) is 2.46. The van der Waals surface area contributed by atoms with Gasteiger partial charge in [-0.3, -0.25) is 0 Å². The number of rotatable bonds is 2. The van der Waals surface area contributed by atoms with E-state index in [0.29, 0.717) is 6.67 Å². The highest BCUT2D eigenvalue weighted by atomic mass is 127. The molecule has 1 aliphatic rings. The monoisotopic (exact) mass is 294 g/mol. The molecule has 0 saturated carbocycles. The fourth-order valence-electron chi connectivity index (χ4n) is 1.14. The van der Waals surface area contributed by atoms with Gasteiger partial charge in [0.25, 0.3) is 0 Å². The second kappa shape index (κ2) is 4.13. The summed E-state index contributed by atoms with van der Waals surface area (Å²) in [5.74, 6) is 2.51. The summed E-state index contributed by atoms with van der Waals surface area (Å²) in [6.07, 6.45) is 5.34. The molecule has 0 bridgehead atoms. The van der Waals surface area contributed by atoms with Gasteiger partial charge in [0.2, 0.25) is 3.67 Å². The molecule has 5 nitrogen and oxygen atoms in total. The minimum absolute atomic E-state index is 0.612. The van der Waals surface area contributed by atoms with E-state index in [4.69, 9.17) is 12.2 Å². The maximum Gasteiger partial charge on any atom is 0.314 e. The van der Waals surface area contributed by atoms with Crippen molar-refractivity contribution in [2.45, 2.75) is 3.67 Å². The number of amides is 2. The molecule has 1 atom stereocenters. The van der Waals surface area contributed by atoms with E-state index in [-0.39, 0.29) is 0 Å². The van der Waals surface area contributed by atoms with Crippen LogP contribution in [0.1, 0.15) is 0 Å². The lowest BCUT2D eigenvalue weighted by atomic mass is 10.4. The van der Waals surface area contributed by atoms with Crippen molar-refractivity contribution >= 4 is 28.6 Å². The number of alkyl halides is 1. The first-order chi connectivity index (χ1) is 6.08. The van der Waals surface area contributed by atoms with Crippen molar-refractivity contribution in [1.82, 2.24) is 15.5 Å². The summed E-state index contributed by atoms with van der Waals surface area (Å²) in [5, 5.41) is 5.64. The number of primary amides is 1. The zero-order valence-electron chi connectivity index (χ0n) is 7.01. The highest BCUT2D eigenvalue weighted by Gasteiger charge is 2.34. The molecule has 0 aliphatic carbocycles. The number of hydrogen-bond acceptors (Lipinski definition) is 3. The SMILES string of the molecule is C#CC(I)(NC(N)=O)N1CCNC1. The topological polar surface area (TPSA) is 70.4 Å². The summed E-state index contributed by atoms with van der Waals surface area (Å²) in [6.45, 7) is 2.33. The number of terminal acetylenes is 1. The van der Waals surface area contributed by atoms with Crippen molar-refractivity contribution in [1.29, 1.82) is 0 Å². The highest BCUT2D eigenvalue weighted by Crippen LogP contribution is 2.20. The smallest absolute Gasteiger partial charge is 0.314 e. The van der Waals surface area contributed by atoms with Gasteiger partial charge in [-0.25, -0.2) is 9.69 Å². The maximum absolute atomic E-state index is 10.7. The Kier molecular flexibility index (Phi) is 3.35. The number of nitrogens with two attached hydrogens (primary N) is 1. The molecule has 0 aromatic carbocycles. The Labute approximate surface area is 90.5 Å². The molecule has 13 heavy (non-hydrogen) atoms. The van der Waals surface area contributed by atoms with Gasteiger partial charge in [-0.15, -0.1) is 6.42 Å². The Hall–Kier alpha value is -0.520. The lowest BCUT2D eigenvalue weighted by Gasteiger charge is -2.31. The summed E-state index contributed by atoms with van der Waals surface area (Å²) < 4.78 is -0.812. The zero-order valence-corrected chi connectivity index (χ0v) is 9.17. The Morgan fingerprint density at radius 2 is 2.54 bits per heavy atom. The van der Waals surface area contributed by atoms with Gasteiger partial charge in [0, 0.05) is 13.1 Å². The number of nitrogens with zero attached hydrogens (tertiary/aromatic N) is 1. The van der Waals surface area contributed by atoms with Crippen molar-refractivity contribution in [3.63, 3.8) is 0 Å². The van der Waals surface area contributed by atoms with Crippen LogP contribution in [-0.2, 0) is 0 Å². The van der Waals surface area contributed by atoms with Crippen molar-refractivity contribution < 1.29 is 4.79 Å². The van der Waals surface area contributed by atoms with Gasteiger partial charge in [0.1, 0.15) is 0 Å². The van der Waals surface area contributed by atoms with E-state index in [1.807, 2.05) is 27.5 Å². The molecule has 0 aromatic heterocycles. The predicted molar refractivity (Wildman–Crippen MR) is 57.9 cm³/mol. The first kappa shape index (κ1) is 10.6. The second-order valence-corrected chi connectivity index (χ2v) is 4.24. The van der Waals surface area contributed by atoms with Gasteiger partial charge in [-0.2, -0.15) is 0 Å². The normalized spacial score (nSPS) is 21.8. The molecule has 0 spiro atoms. The van der Waals surface area contributed by atoms with Crippen LogP contribution in [0.25, 0.3) is 0 Å². The van der Waals surface area contributed by atoms with Crippen LogP contribution < -0.4 is 16.4 Å². The Bertz CT molecular complexity index is 245. The Morgan fingerprint density at radius 3 is 2.92 bits per heavy atom. The lowest BCUT2D eigenvalue weighted by Crippen LogP contribution is -2.56. The first-order valence-electron chi connectivity index (χ1n) is 3.78. The van der Waals surface area contributed by atoms with Crippen LogP contribution in [0, 0.1) is 12.3 Å². The molecular weight excluding hydrogens is 283 g/mol. The lowest BCUT2D eigenvalue weighted by molar-refractivity contribution is 0.215. The molecule has 1 aliphatic heterocycles. The van der Waals surface area contributed by atoms with Crippen LogP contribution in [0.4, 0.5) is 4.79 Å². The van der Waals surface area contributed by atoms with E-state index >= 15 is 0 Å². The summed E-state index contributed by atoms with van der Waals surface area (Å²) in [4.78, 5) is 12.6. The van der Waals surface area contributed by atoms with Crippen LogP contribution in [0.15, 0.2) is 0 Å². The summed E-state index contributed by atoms with van der Waals surface area (Å²) >= 11 is 1.99. The van der Waals surface area contributed by atoms with Gasteiger partial charge < -0.3 is 16.4 Å². The average molecular weight is 294 g/mol. The summed E-state index contributed by atoms with van der Waals surface area (Å²) in [6, 6.07) is -0.612. The fraction of sp³-hybridized carbons (Fsp3) is 0.571. The van der Waals surface area contributed by atoms with Crippen LogP contribution in [0.2, 0.25) is 0 Å². The summed E-state index contributed by atoms with van der Waals surface area (Å²) in [7, 11) is 0. The Balaban J connectivity index is 2.68. The number of urea groups is 1. The van der Waals surface area contributed by atoms with E-state index in [2.05, 4.69) is 16.6 Å². The molecule has 1 unspecified atom stereocenters. The van der Waals surface area contributed by atoms with Crippen LogP contribution in [-0.4, -0.2) is 34.4 Å². The van der Waals surface area contributed by atoms with E-state index in [9.17, 15) is 4.79 Å². The van der Waals surface area contributed by atoms with Crippen molar-refractivity contribution in [2.24, 2.45) is 5.73 Å². The molecule has 1 saturated heterocycles. The number of carbonyl (C=O) groups excluding carboxylic acids is 1. The molecule has 4 N–H and O–H groups in total. The molecule has 1 fully saturated rings. The third-order valence-electron chi connectivity index (χ3n) is 1.78. The first-order valence-corrected chi connectivity index (χ1v) is 4.86. The van der Waals surface area contributed by atoms with Crippen LogP contribution in [0.5, 0.6) is 0 Å². The summed E-state index contributed by atoms with van der Waals surface area (Å²) in [5.41, 5.74) is 5.02. The van der Waals surface area contributed by atoms with Crippen molar-refractivity contribution in [3.8, 4) is 12.3 Å². The third-order valence-corrected chi connectivity index (χ3v) is 3.04. The van der Waals surface area contributed by atoms with Crippen LogP contribution >= 0.6 is 22.6 Å². The highest BCUT2D eigenvalue weighted by molar-refractivity contribution is 14.1. The van der Waals surface area contributed by atoms with Crippen molar-refractivity contribution in [2.75, 3.05) is 19.8 Å². The number of carbonyl (C=O) groups is 1. The minimum Gasteiger partial charge on any atom is -0.352 e. The molecule has 2 amide bonds. The van der Waals surface area contributed by atoms with Crippen LogP contribution in [0.3, 0.4) is 0 Å². The van der Waals surface area contributed by atoms with Gasteiger partial charge in [-0.1, -0.05) is 5.92 Å². The molecule has 1 rings (SSSR count). The van der Waals surface area contributed by atoms with Gasteiger partial charge in [-0.05, 0) is 22.6 Å². The number of hydrogen-bond donors (Lipinski definition) is 3. The molecular formula is C7H11IN4O. The quantitative estimate of drug-likeness (QED) is 0.271. The predicted octanol–water partition coefficient (Wildman–Crippen LogP) is -0.761. The van der Waals surface area contributed by atoms with Gasteiger partial charge in [0.05, 0.1) is 6.67 Å². The Morgan fingerprint density at radius 1 is 1.85 bits per heavy atom. The minimum atomic E-state index is -0.812. The van der Waals surface area contributed by atoms with E-state index < -0.39 is 9.70 Å². The number of halogens is 1. The average Bonchev–Trinajstić information content (AvgIpc) is 2.55.